The number of rotatable bonds is 5. The molecule has 3 rings (SSSR count). The third kappa shape index (κ3) is 3.03. The van der Waals surface area contributed by atoms with E-state index < -0.39 is 0 Å². The van der Waals surface area contributed by atoms with Crippen molar-refractivity contribution < 1.29 is 9.47 Å². The predicted molar refractivity (Wildman–Crippen MR) is 84.0 cm³/mol. The lowest BCUT2D eigenvalue weighted by Gasteiger charge is -2.15. The highest BCUT2D eigenvalue weighted by atomic mass is 16.5. The SMILES string of the molecule is COc1ccc(OC)c(CNC2Cc3ccccc3C2)c1. The van der Waals surface area contributed by atoms with Crippen LogP contribution in [0.5, 0.6) is 11.5 Å². The van der Waals surface area contributed by atoms with Crippen LogP contribution in [0.3, 0.4) is 0 Å². The van der Waals surface area contributed by atoms with Crippen LogP contribution in [0, 0.1) is 0 Å². The van der Waals surface area contributed by atoms with Crippen molar-refractivity contribution in [1.29, 1.82) is 0 Å². The Morgan fingerprint density at radius 3 is 2.33 bits per heavy atom. The van der Waals surface area contributed by atoms with Crippen LogP contribution < -0.4 is 14.8 Å². The van der Waals surface area contributed by atoms with Gasteiger partial charge in [0.1, 0.15) is 11.5 Å². The van der Waals surface area contributed by atoms with E-state index in [1.54, 1.807) is 14.2 Å². The van der Waals surface area contributed by atoms with Crippen LogP contribution in [-0.4, -0.2) is 20.3 Å². The third-order valence-corrected chi connectivity index (χ3v) is 4.12. The van der Waals surface area contributed by atoms with Crippen molar-refractivity contribution in [3.8, 4) is 11.5 Å². The Kier molecular flexibility index (Phi) is 4.11. The first kappa shape index (κ1) is 14.0. The second-order valence-corrected chi connectivity index (χ2v) is 5.43. The lowest BCUT2D eigenvalue weighted by Crippen LogP contribution is -2.29. The molecule has 0 bridgehead atoms. The molecule has 0 spiro atoms. The standard InChI is InChI=1S/C18H21NO2/c1-20-17-7-8-18(21-2)15(11-17)12-19-16-9-13-5-3-4-6-14(13)10-16/h3-8,11,16,19H,9-10,12H2,1-2H3. The summed E-state index contributed by atoms with van der Waals surface area (Å²) in [7, 11) is 3.39. The lowest BCUT2D eigenvalue weighted by molar-refractivity contribution is 0.395. The number of fused-ring (bicyclic) bond motifs is 1. The van der Waals surface area contributed by atoms with Crippen molar-refractivity contribution in [3.63, 3.8) is 0 Å². The largest absolute Gasteiger partial charge is 0.497 e. The Hall–Kier alpha value is -2.00. The number of hydrogen-bond donors (Lipinski definition) is 1. The van der Waals surface area contributed by atoms with Crippen molar-refractivity contribution in [3.05, 3.63) is 59.2 Å². The Morgan fingerprint density at radius 2 is 1.71 bits per heavy atom. The zero-order chi connectivity index (χ0) is 14.7. The van der Waals surface area contributed by atoms with E-state index in [1.807, 2.05) is 18.2 Å². The molecular weight excluding hydrogens is 262 g/mol. The Labute approximate surface area is 125 Å². The minimum absolute atomic E-state index is 0.498. The summed E-state index contributed by atoms with van der Waals surface area (Å²) in [6.45, 7) is 0.791. The molecule has 0 heterocycles. The van der Waals surface area contributed by atoms with Gasteiger partial charge in [-0.25, -0.2) is 0 Å². The molecule has 0 saturated heterocycles. The van der Waals surface area contributed by atoms with Gasteiger partial charge in [-0.3, -0.25) is 0 Å². The van der Waals surface area contributed by atoms with Gasteiger partial charge in [-0.2, -0.15) is 0 Å². The highest BCUT2D eigenvalue weighted by Gasteiger charge is 2.20. The van der Waals surface area contributed by atoms with Crippen molar-refractivity contribution in [1.82, 2.24) is 5.32 Å². The number of methoxy groups -OCH3 is 2. The smallest absolute Gasteiger partial charge is 0.123 e. The summed E-state index contributed by atoms with van der Waals surface area (Å²) < 4.78 is 10.7. The van der Waals surface area contributed by atoms with Crippen LogP contribution in [0.15, 0.2) is 42.5 Å². The molecule has 2 aromatic carbocycles. The summed E-state index contributed by atoms with van der Waals surface area (Å²) in [6.07, 6.45) is 2.20. The van der Waals surface area contributed by atoms with Crippen LogP contribution in [0.25, 0.3) is 0 Å². The first-order valence-electron chi connectivity index (χ1n) is 7.31. The van der Waals surface area contributed by atoms with Gasteiger partial charge in [0.25, 0.3) is 0 Å². The van der Waals surface area contributed by atoms with Gasteiger partial charge in [-0.15, -0.1) is 0 Å². The van der Waals surface area contributed by atoms with E-state index in [0.29, 0.717) is 6.04 Å². The van der Waals surface area contributed by atoms with Gasteiger partial charge < -0.3 is 14.8 Å². The van der Waals surface area contributed by atoms with Crippen molar-refractivity contribution in [2.24, 2.45) is 0 Å². The molecule has 21 heavy (non-hydrogen) atoms. The molecule has 0 saturated carbocycles. The van der Waals surface area contributed by atoms with E-state index in [0.717, 1.165) is 36.4 Å². The molecule has 0 fully saturated rings. The molecule has 0 unspecified atom stereocenters. The maximum absolute atomic E-state index is 5.43. The van der Waals surface area contributed by atoms with E-state index in [4.69, 9.17) is 9.47 Å². The zero-order valence-electron chi connectivity index (χ0n) is 12.6. The molecule has 0 aliphatic heterocycles. The summed E-state index contributed by atoms with van der Waals surface area (Å²) >= 11 is 0. The fourth-order valence-electron chi connectivity index (χ4n) is 2.98. The van der Waals surface area contributed by atoms with Gasteiger partial charge in [0, 0.05) is 18.2 Å². The highest BCUT2D eigenvalue weighted by molar-refractivity contribution is 5.40. The lowest BCUT2D eigenvalue weighted by atomic mass is 10.1. The van der Waals surface area contributed by atoms with Gasteiger partial charge >= 0.3 is 0 Å². The molecule has 3 heteroatoms. The fraction of sp³-hybridized carbons (Fsp3) is 0.333. The number of ether oxygens (including phenoxy) is 2. The zero-order valence-corrected chi connectivity index (χ0v) is 12.6. The molecule has 0 atom stereocenters. The minimum atomic E-state index is 0.498. The second kappa shape index (κ2) is 6.19. The summed E-state index contributed by atoms with van der Waals surface area (Å²) in [6, 6.07) is 15.1. The van der Waals surface area contributed by atoms with E-state index in [2.05, 4.69) is 29.6 Å². The second-order valence-electron chi connectivity index (χ2n) is 5.43. The monoisotopic (exact) mass is 283 g/mol. The molecule has 0 aromatic heterocycles. The Bertz CT molecular complexity index is 599. The van der Waals surface area contributed by atoms with Gasteiger partial charge in [0.15, 0.2) is 0 Å². The van der Waals surface area contributed by atoms with Crippen molar-refractivity contribution in [2.45, 2.75) is 25.4 Å². The fourth-order valence-corrected chi connectivity index (χ4v) is 2.98. The molecular formula is C18H21NO2. The maximum atomic E-state index is 5.43. The summed E-state index contributed by atoms with van der Waals surface area (Å²) in [5.74, 6) is 1.76. The van der Waals surface area contributed by atoms with Gasteiger partial charge in [-0.05, 0) is 42.2 Å². The molecule has 110 valence electrons. The number of hydrogen-bond acceptors (Lipinski definition) is 3. The Balaban J connectivity index is 1.66. The normalized spacial score (nSPS) is 14.0. The minimum Gasteiger partial charge on any atom is -0.497 e. The summed E-state index contributed by atoms with van der Waals surface area (Å²) in [5.41, 5.74) is 4.06. The molecule has 1 N–H and O–H groups in total. The first-order valence-corrected chi connectivity index (χ1v) is 7.31. The van der Waals surface area contributed by atoms with Crippen molar-refractivity contribution >= 4 is 0 Å². The van der Waals surface area contributed by atoms with Crippen LogP contribution >= 0.6 is 0 Å². The van der Waals surface area contributed by atoms with Crippen LogP contribution in [0.1, 0.15) is 16.7 Å². The molecule has 0 amide bonds. The summed E-state index contributed by atoms with van der Waals surface area (Å²) in [5, 5.41) is 3.64. The Morgan fingerprint density at radius 1 is 1.00 bits per heavy atom. The highest BCUT2D eigenvalue weighted by Crippen LogP contribution is 2.25. The predicted octanol–water partition coefficient (Wildman–Crippen LogP) is 2.96. The van der Waals surface area contributed by atoms with Crippen molar-refractivity contribution in [2.75, 3.05) is 14.2 Å². The average Bonchev–Trinajstić information content (AvgIpc) is 2.95. The average molecular weight is 283 g/mol. The van der Waals surface area contributed by atoms with Gasteiger partial charge in [0.05, 0.1) is 14.2 Å². The van der Waals surface area contributed by atoms with Gasteiger partial charge in [-0.1, -0.05) is 24.3 Å². The van der Waals surface area contributed by atoms with Crippen LogP contribution in [-0.2, 0) is 19.4 Å². The van der Waals surface area contributed by atoms with E-state index >= 15 is 0 Å². The first-order chi connectivity index (χ1) is 10.3. The van der Waals surface area contributed by atoms with Crippen LogP contribution in [0.2, 0.25) is 0 Å². The molecule has 1 aliphatic rings. The number of benzene rings is 2. The van der Waals surface area contributed by atoms with E-state index in [9.17, 15) is 0 Å². The van der Waals surface area contributed by atoms with E-state index in [-0.39, 0.29) is 0 Å². The molecule has 1 aliphatic carbocycles. The van der Waals surface area contributed by atoms with E-state index in [1.165, 1.54) is 11.1 Å². The molecule has 3 nitrogen and oxygen atoms in total. The maximum Gasteiger partial charge on any atom is 0.123 e. The molecule has 2 aromatic rings. The quantitative estimate of drug-likeness (QED) is 0.915. The van der Waals surface area contributed by atoms with Gasteiger partial charge in [0.2, 0.25) is 0 Å². The number of nitrogens with one attached hydrogen (secondary N) is 1. The van der Waals surface area contributed by atoms with Crippen LogP contribution in [0.4, 0.5) is 0 Å². The third-order valence-electron chi connectivity index (χ3n) is 4.12. The topological polar surface area (TPSA) is 30.5 Å². The summed E-state index contributed by atoms with van der Waals surface area (Å²) in [4.78, 5) is 0. The molecule has 0 radical (unpaired) electrons.